The Balaban J connectivity index is 1.96. The van der Waals surface area contributed by atoms with Crippen molar-refractivity contribution in [2.45, 2.75) is 45.3 Å². The first-order valence-electron chi connectivity index (χ1n) is 5.29. The van der Waals surface area contributed by atoms with E-state index in [1.54, 1.807) is 0 Å². The van der Waals surface area contributed by atoms with E-state index in [9.17, 15) is 0 Å². The van der Waals surface area contributed by atoms with E-state index in [0.29, 0.717) is 12.1 Å². The van der Waals surface area contributed by atoms with E-state index in [1.165, 1.54) is 19.3 Å². The molecule has 2 nitrogen and oxygen atoms in total. The van der Waals surface area contributed by atoms with Crippen molar-refractivity contribution < 1.29 is 4.74 Å². The van der Waals surface area contributed by atoms with Crippen molar-refractivity contribution in [1.82, 2.24) is 5.32 Å². The maximum Gasteiger partial charge on any atom is 0.0594 e. The van der Waals surface area contributed by atoms with E-state index in [0.717, 1.165) is 13.2 Å². The van der Waals surface area contributed by atoms with Crippen LogP contribution in [0.15, 0.2) is 12.2 Å². The normalized spacial score (nSPS) is 22.5. The van der Waals surface area contributed by atoms with E-state index in [-0.39, 0.29) is 0 Å². The van der Waals surface area contributed by atoms with Gasteiger partial charge in [0.2, 0.25) is 0 Å². The first-order chi connectivity index (χ1) is 6.29. The van der Waals surface area contributed by atoms with Crippen LogP contribution in [-0.2, 0) is 4.74 Å². The third kappa shape index (κ3) is 5.06. The van der Waals surface area contributed by atoms with Gasteiger partial charge in [0, 0.05) is 12.6 Å². The average molecular weight is 183 g/mol. The Labute approximate surface area is 81.4 Å². The average Bonchev–Trinajstić information content (AvgIpc) is 2.14. The van der Waals surface area contributed by atoms with Crippen molar-refractivity contribution in [3.8, 4) is 0 Å². The second-order valence-electron chi connectivity index (χ2n) is 3.86. The van der Waals surface area contributed by atoms with E-state index >= 15 is 0 Å². The fourth-order valence-electron chi connectivity index (χ4n) is 1.54. The Hall–Kier alpha value is -0.340. The van der Waals surface area contributed by atoms with Gasteiger partial charge >= 0.3 is 0 Å². The molecule has 13 heavy (non-hydrogen) atoms. The minimum atomic E-state index is 0.355. The number of ether oxygens (including phenoxy) is 1. The van der Waals surface area contributed by atoms with Crippen LogP contribution < -0.4 is 5.32 Å². The lowest BCUT2D eigenvalue weighted by Crippen LogP contribution is -2.32. The summed E-state index contributed by atoms with van der Waals surface area (Å²) in [5.74, 6) is 0. The quantitative estimate of drug-likeness (QED) is 0.520. The van der Waals surface area contributed by atoms with Crippen molar-refractivity contribution >= 4 is 0 Å². The summed E-state index contributed by atoms with van der Waals surface area (Å²) in [5, 5.41) is 3.50. The molecule has 0 saturated carbocycles. The van der Waals surface area contributed by atoms with Crippen molar-refractivity contribution in [3.63, 3.8) is 0 Å². The molecule has 1 unspecified atom stereocenters. The van der Waals surface area contributed by atoms with Gasteiger partial charge in [-0.25, -0.2) is 0 Å². The van der Waals surface area contributed by atoms with Crippen LogP contribution >= 0.6 is 0 Å². The van der Waals surface area contributed by atoms with E-state index in [2.05, 4.69) is 31.3 Å². The SMILES string of the molecule is CC(C)OCCNC1CC=CCC1. The molecule has 1 N–H and O–H groups in total. The number of hydrogen-bond acceptors (Lipinski definition) is 2. The highest BCUT2D eigenvalue weighted by molar-refractivity contribution is 4.92. The van der Waals surface area contributed by atoms with Crippen LogP contribution in [0.2, 0.25) is 0 Å². The van der Waals surface area contributed by atoms with Crippen LogP contribution in [0.5, 0.6) is 0 Å². The lowest BCUT2D eigenvalue weighted by atomic mass is 10.0. The maximum absolute atomic E-state index is 5.45. The van der Waals surface area contributed by atoms with Gasteiger partial charge in [0.15, 0.2) is 0 Å². The first-order valence-corrected chi connectivity index (χ1v) is 5.29. The topological polar surface area (TPSA) is 21.3 Å². The number of nitrogens with one attached hydrogen (secondary N) is 1. The summed E-state index contributed by atoms with van der Waals surface area (Å²) in [6.07, 6.45) is 8.57. The number of hydrogen-bond donors (Lipinski definition) is 1. The van der Waals surface area contributed by atoms with Crippen LogP contribution in [0.25, 0.3) is 0 Å². The van der Waals surface area contributed by atoms with Crippen LogP contribution in [0.4, 0.5) is 0 Å². The second kappa shape index (κ2) is 6.17. The van der Waals surface area contributed by atoms with Gasteiger partial charge in [0.25, 0.3) is 0 Å². The van der Waals surface area contributed by atoms with Gasteiger partial charge < -0.3 is 10.1 Å². The smallest absolute Gasteiger partial charge is 0.0594 e. The Bertz CT molecular complexity index is 154. The fourth-order valence-corrected chi connectivity index (χ4v) is 1.54. The molecular formula is C11H21NO. The number of rotatable bonds is 5. The molecule has 0 saturated heterocycles. The standard InChI is InChI=1S/C11H21NO/c1-10(2)13-9-8-12-11-6-4-3-5-7-11/h3-4,10-12H,5-9H2,1-2H3. The highest BCUT2D eigenvalue weighted by Crippen LogP contribution is 2.09. The zero-order valence-electron chi connectivity index (χ0n) is 8.75. The molecule has 0 heterocycles. The summed E-state index contributed by atoms with van der Waals surface area (Å²) in [4.78, 5) is 0. The van der Waals surface area contributed by atoms with Crippen LogP contribution in [0, 0.1) is 0 Å². The van der Waals surface area contributed by atoms with Crippen LogP contribution in [0.1, 0.15) is 33.1 Å². The molecule has 0 aromatic heterocycles. The highest BCUT2D eigenvalue weighted by Gasteiger charge is 2.07. The molecule has 1 rings (SSSR count). The maximum atomic E-state index is 5.45. The minimum Gasteiger partial charge on any atom is -0.377 e. The Kier molecular flexibility index (Phi) is 5.09. The molecule has 2 heteroatoms. The van der Waals surface area contributed by atoms with Crippen LogP contribution in [0.3, 0.4) is 0 Å². The zero-order valence-corrected chi connectivity index (χ0v) is 8.75. The lowest BCUT2D eigenvalue weighted by molar-refractivity contribution is 0.0791. The summed E-state index contributed by atoms with van der Waals surface area (Å²) in [7, 11) is 0. The third-order valence-corrected chi connectivity index (χ3v) is 2.26. The monoisotopic (exact) mass is 183 g/mol. The predicted octanol–water partition coefficient (Wildman–Crippen LogP) is 2.11. The van der Waals surface area contributed by atoms with Gasteiger partial charge in [0.1, 0.15) is 0 Å². The van der Waals surface area contributed by atoms with Gasteiger partial charge in [-0.3, -0.25) is 0 Å². The lowest BCUT2D eigenvalue weighted by Gasteiger charge is -2.19. The molecule has 0 aromatic rings. The largest absolute Gasteiger partial charge is 0.377 e. The highest BCUT2D eigenvalue weighted by atomic mass is 16.5. The van der Waals surface area contributed by atoms with E-state index < -0.39 is 0 Å². The van der Waals surface area contributed by atoms with E-state index in [4.69, 9.17) is 4.74 Å². The predicted molar refractivity (Wildman–Crippen MR) is 55.9 cm³/mol. The van der Waals surface area contributed by atoms with Crippen molar-refractivity contribution in [2.24, 2.45) is 0 Å². The van der Waals surface area contributed by atoms with Gasteiger partial charge in [-0.1, -0.05) is 12.2 Å². The summed E-state index contributed by atoms with van der Waals surface area (Å²) in [5.41, 5.74) is 0. The Morgan fingerprint density at radius 3 is 2.92 bits per heavy atom. The summed E-state index contributed by atoms with van der Waals surface area (Å²) >= 11 is 0. The fraction of sp³-hybridized carbons (Fsp3) is 0.818. The summed E-state index contributed by atoms with van der Waals surface area (Å²) in [6, 6.07) is 0.681. The molecule has 0 amide bonds. The first kappa shape index (κ1) is 10.7. The molecule has 76 valence electrons. The van der Waals surface area contributed by atoms with Gasteiger partial charge in [0.05, 0.1) is 12.7 Å². The molecule has 0 aromatic carbocycles. The molecule has 1 aliphatic rings. The third-order valence-electron chi connectivity index (χ3n) is 2.26. The Morgan fingerprint density at radius 2 is 2.31 bits per heavy atom. The molecule has 0 fully saturated rings. The van der Waals surface area contributed by atoms with E-state index in [1.807, 2.05) is 0 Å². The molecule has 1 aliphatic carbocycles. The molecule has 0 radical (unpaired) electrons. The molecule has 0 bridgehead atoms. The molecule has 0 aliphatic heterocycles. The Morgan fingerprint density at radius 1 is 1.46 bits per heavy atom. The van der Waals surface area contributed by atoms with Crippen molar-refractivity contribution in [1.29, 1.82) is 0 Å². The van der Waals surface area contributed by atoms with Crippen LogP contribution in [-0.4, -0.2) is 25.3 Å². The van der Waals surface area contributed by atoms with Gasteiger partial charge in [-0.15, -0.1) is 0 Å². The molecular weight excluding hydrogens is 162 g/mol. The summed E-state index contributed by atoms with van der Waals surface area (Å²) < 4.78 is 5.45. The second-order valence-corrected chi connectivity index (χ2v) is 3.86. The molecule has 1 atom stereocenters. The zero-order chi connectivity index (χ0) is 9.52. The molecule has 0 spiro atoms. The summed E-state index contributed by atoms with van der Waals surface area (Å²) in [6.45, 7) is 5.96. The van der Waals surface area contributed by atoms with Gasteiger partial charge in [-0.05, 0) is 33.1 Å². The van der Waals surface area contributed by atoms with Gasteiger partial charge in [-0.2, -0.15) is 0 Å². The van der Waals surface area contributed by atoms with Crippen molar-refractivity contribution in [2.75, 3.05) is 13.2 Å². The number of allylic oxidation sites excluding steroid dienone is 1. The van der Waals surface area contributed by atoms with Crippen molar-refractivity contribution in [3.05, 3.63) is 12.2 Å². The minimum absolute atomic E-state index is 0.355.